The lowest BCUT2D eigenvalue weighted by Crippen LogP contribution is -2.50. The molecule has 3 aliphatic rings. The van der Waals surface area contributed by atoms with Crippen molar-refractivity contribution in [2.75, 3.05) is 25.1 Å². The number of methoxy groups -OCH3 is 1. The number of rotatable bonds is 4. The number of thiazole rings is 1. The topological polar surface area (TPSA) is 91.8 Å². The summed E-state index contributed by atoms with van der Waals surface area (Å²) in [5.74, 6) is 0.495. The number of aromatic nitrogens is 1. The third-order valence-electron chi connectivity index (χ3n) is 6.00. The Bertz CT molecular complexity index is 741. The zero-order valence-electron chi connectivity index (χ0n) is 15.3. The first-order valence-electron chi connectivity index (χ1n) is 9.47. The summed E-state index contributed by atoms with van der Waals surface area (Å²) in [5, 5.41) is 14.4. The normalized spacial score (nSPS) is 30.4. The van der Waals surface area contributed by atoms with Gasteiger partial charge in [-0.2, -0.15) is 0 Å². The lowest BCUT2D eigenvalue weighted by Gasteiger charge is -2.36. The van der Waals surface area contributed by atoms with Crippen LogP contribution in [0.4, 0.5) is 5.13 Å². The number of esters is 1. The summed E-state index contributed by atoms with van der Waals surface area (Å²) >= 11 is 1.34. The van der Waals surface area contributed by atoms with Gasteiger partial charge in [0, 0.05) is 19.0 Å². The van der Waals surface area contributed by atoms with Crippen LogP contribution < -0.4 is 10.2 Å². The maximum absolute atomic E-state index is 12.4. The minimum absolute atomic E-state index is 0.0158. The molecule has 2 N–H and O–H groups in total. The first kappa shape index (κ1) is 18.4. The third-order valence-corrected chi connectivity index (χ3v) is 7.04. The van der Waals surface area contributed by atoms with E-state index in [1.165, 1.54) is 18.4 Å². The maximum Gasteiger partial charge on any atom is 0.349 e. The number of nitrogens with zero attached hydrogens (tertiary/aromatic N) is 2. The number of aliphatic hydroxyl groups is 1. The molecule has 2 aliphatic carbocycles. The second-order valence-electron chi connectivity index (χ2n) is 7.72. The number of nitrogens with one attached hydrogen (secondary N) is 1. The van der Waals surface area contributed by atoms with Crippen LogP contribution in [0.3, 0.4) is 0 Å². The molecule has 1 amide bonds. The van der Waals surface area contributed by atoms with Crippen LogP contribution in [0.2, 0.25) is 0 Å². The van der Waals surface area contributed by atoms with Crippen LogP contribution in [0.15, 0.2) is 18.3 Å². The highest BCUT2D eigenvalue weighted by atomic mass is 32.1. The molecule has 4 atom stereocenters. The summed E-state index contributed by atoms with van der Waals surface area (Å²) in [7, 11) is 1.36. The van der Waals surface area contributed by atoms with E-state index >= 15 is 0 Å². The van der Waals surface area contributed by atoms with E-state index in [9.17, 15) is 14.7 Å². The number of amides is 1. The second-order valence-corrected chi connectivity index (χ2v) is 8.73. The molecule has 0 aromatic carbocycles. The van der Waals surface area contributed by atoms with E-state index < -0.39 is 6.10 Å². The van der Waals surface area contributed by atoms with Crippen LogP contribution in [0.25, 0.3) is 0 Å². The SMILES string of the molecule is COC(=O)c1cnc(N2C[C@H]3C[C@H](O)[C@@H](NC(=O)C4CC=CC4)C[C@H]3C2)s1. The Morgan fingerprint density at radius 3 is 2.67 bits per heavy atom. The van der Waals surface area contributed by atoms with Crippen molar-refractivity contribution in [3.63, 3.8) is 0 Å². The Kier molecular flexibility index (Phi) is 5.19. The predicted molar refractivity (Wildman–Crippen MR) is 102 cm³/mol. The van der Waals surface area contributed by atoms with Crippen molar-refractivity contribution in [3.8, 4) is 0 Å². The fraction of sp³-hybridized carbons (Fsp3) is 0.632. The number of hydrogen-bond acceptors (Lipinski definition) is 7. The van der Waals surface area contributed by atoms with Gasteiger partial charge in [-0.1, -0.05) is 23.5 Å². The zero-order valence-corrected chi connectivity index (χ0v) is 16.2. The van der Waals surface area contributed by atoms with Gasteiger partial charge in [-0.3, -0.25) is 4.79 Å². The van der Waals surface area contributed by atoms with Gasteiger partial charge >= 0.3 is 5.97 Å². The van der Waals surface area contributed by atoms with Crippen LogP contribution >= 0.6 is 11.3 Å². The van der Waals surface area contributed by atoms with Crippen LogP contribution in [0.5, 0.6) is 0 Å². The summed E-state index contributed by atoms with van der Waals surface area (Å²) in [5.41, 5.74) is 0. The molecule has 1 aromatic heterocycles. The van der Waals surface area contributed by atoms with E-state index in [1.54, 1.807) is 6.20 Å². The van der Waals surface area contributed by atoms with Crippen molar-refractivity contribution in [2.24, 2.45) is 17.8 Å². The van der Waals surface area contributed by atoms with Crippen molar-refractivity contribution in [1.82, 2.24) is 10.3 Å². The van der Waals surface area contributed by atoms with E-state index in [4.69, 9.17) is 4.74 Å². The van der Waals surface area contributed by atoms with Gasteiger partial charge in [0.15, 0.2) is 5.13 Å². The van der Waals surface area contributed by atoms with Gasteiger partial charge in [0.1, 0.15) is 4.88 Å². The van der Waals surface area contributed by atoms with Gasteiger partial charge in [-0.15, -0.1) is 0 Å². The average Bonchev–Trinajstić information content (AvgIpc) is 3.40. The van der Waals surface area contributed by atoms with Gasteiger partial charge in [-0.05, 0) is 37.5 Å². The second kappa shape index (κ2) is 7.59. The predicted octanol–water partition coefficient (Wildman–Crippen LogP) is 1.59. The Hall–Kier alpha value is -1.93. The number of carbonyl (C=O) groups is 2. The number of allylic oxidation sites excluding steroid dienone is 2. The van der Waals surface area contributed by atoms with Crippen molar-refractivity contribution < 1.29 is 19.4 Å². The molecule has 0 unspecified atom stereocenters. The Morgan fingerprint density at radius 2 is 1.96 bits per heavy atom. The first-order chi connectivity index (χ1) is 13.0. The van der Waals surface area contributed by atoms with E-state index in [-0.39, 0.29) is 23.8 Å². The molecule has 0 spiro atoms. The fourth-order valence-corrected chi connectivity index (χ4v) is 5.33. The highest BCUT2D eigenvalue weighted by Gasteiger charge is 2.43. The number of carbonyl (C=O) groups excluding carboxylic acids is 2. The summed E-state index contributed by atoms with van der Waals surface area (Å²) in [6.07, 6.45) is 8.19. The molecule has 0 radical (unpaired) electrons. The van der Waals surface area contributed by atoms with Gasteiger partial charge in [0.2, 0.25) is 5.91 Å². The monoisotopic (exact) mass is 391 g/mol. The Balaban J connectivity index is 1.37. The summed E-state index contributed by atoms with van der Waals surface area (Å²) in [6.45, 7) is 1.66. The third kappa shape index (κ3) is 3.73. The Labute approximate surface area is 162 Å². The first-order valence-corrected chi connectivity index (χ1v) is 10.3. The molecule has 4 rings (SSSR count). The van der Waals surface area contributed by atoms with Crippen LogP contribution in [0.1, 0.15) is 35.4 Å². The lowest BCUT2D eigenvalue weighted by atomic mass is 9.77. The molecule has 1 aliphatic heterocycles. The van der Waals surface area contributed by atoms with Gasteiger partial charge in [0.25, 0.3) is 0 Å². The van der Waals surface area contributed by atoms with Gasteiger partial charge in [0.05, 0.1) is 25.5 Å². The molecule has 0 bridgehead atoms. The van der Waals surface area contributed by atoms with Crippen LogP contribution in [-0.2, 0) is 9.53 Å². The lowest BCUT2D eigenvalue weighted by molar-refractivity contribution is -0.127. The highest BCUT2D eigenvalue weighted by Crippen LogP contribution is 2.39. The quantitative estimate of drug-likeness (QED) is 0.598. The smallest absolute Gasteiger partial charge is 0.349 e. The highest BCUT2D eigenvalue weighted by molar-refractivity contribution is 7.17. The Morgan fingerprint density at radius 1 is 1.26 bits per heavy atom. The molecule has 1 aromatic rings. The summed E-state index contributed by atoms with van der Waals surface area (Å²) in [4.78, 5) is 31.1. The number of fused-ring (bicyclic) bond motifs is 1. The largest absolute Gasteiger partial charge is 0.465 e. The molecule has 2 fully saturated rings. The van der Waals surface area contributed by atoms with Crippen molar-refractivity contribution in [2.45, 2.75) is 37.8 Å². The van der Waals surface area contributed by atoms with Crippen molar-refractivity contribution >= 4 is 28.3 Å². The van der Waals surface area contributed by atoms with E-state index in [0.29, 0.717) is 23.1 Å². The molecule has 8 heteroatoms. The molecule has 1 saturated carbocycles. The number of anilines is 1. The average molecular weight is 391 g/mol. The zero-order chi connectivity index (χ0) is 19.0. The molecule has 146 valence electrons. The fourth-order valence-electron chi connectivity index (χ4n) is 4.48. The number of ether oxygens (including phenoxy) is 1. The van der Waals surface area contributed by atoms with Gasteiger partial charge in [-0.25, -0.2) is 9.78 Å². The molecular formula is C19H25N3O4S. The maximum atomic E-state index is 12.4. The van der Waals surface area contributed by atoms with Crippen molar-refractivity contribution in [1.29, 1.82) is 0 Å². The molecule has 2 heterocycles. The minimum Gasteiger partial charge on any atom is -0.465 e. The minimum atomic E-state index is -0.508. The molecular weight excluding hydrogens is 366 g/mol. The molecule has 1 saturated heterocycles. The molecule has 7 nitrogen and oxygen atoms in total. The number of aliphatic hydroxyl groups excluding tert-OH is 1. The van der Waals surface area contributed by atoms with Crippen LogP contribution in [0, 0.1) is 17.8 Å². The van der Waals surface area contributed by atoms with E-state index in [1.807, 2.05) is 12.2 Å². The van der Waals surface area contributed by atoms with E-state index in [2.05, 4.69) is 15.2 Å². The van der Waals surface area contributed by atoms with Gasteiger partial charge < -0.3 is 20.1 Å². The van der Waals surface area contributed by atoms with Crippen LogP contribution in [-0.4, -0.2) is 54.3 Å². The van der Waals surface area contributed by atoms with E-state index in [0.717, 1.165) is 37.5 Å². The van der Waals surface area contributed by atoms with Crippen molar-refractivity contribution in [3.05, 3.63) is 23.2 Å². The molecule has 27 heavy (non-hydrogen) atoms. The standard InChI is InChI=1S/C19H25N3O4S/c1-26-18(25)16-8-20-19(27-16)22-9-12-6-14(15(23)7-13(12)10-22)21-17(24)11-4-2-3-5-11/h2-3,8,11-15,23H,4-7,9-10H2,1H3,(H,21,24)/t12-,13+,14-,15-/m0/s1. The number of hydrogen-bond donors (Lipinski definition) is 2. The summed E-state index contributed by atoms with van der Waals surface area (Å²) in [6, 6.07) is -0.179. The summed E-state index contributed by atoms with van der Waals surface area (Å²) < 4.78 is 4.75.